The highest BCUT2D eigenvalue weighted by Crippen LogP contribution is 2.38. The second-order valence-corrected chi connectivity index (χ2v) is 15.9. The van der Waals surface area contributed by atoms with Crippen LogP contribution in [0.4, 0.5) is 0 Å². The SMILES string of the molecule is CCCCCCCCCCCCC/C=C/C(COP(=O)([O-])OCC[N+](C)(C)C)NC(=O)CCCCCCCCCCCCCCC. The van der Waals surface area contributed by atoms with E-state index in [-0.39, 0.29) is 19.1 Å². The van der Waals surface area contributed by atoms with E-state index in [0.29, 0.717) is 17.4 Å². The van der Waals surface area contributed by atoms with E-state index in [0.717, 1.165) is 25.7 Å². The number of hydrogen-bond donors (Lipinski definition) is 1. The van der Waals surface area contributed by atoms with Gasteiger partial charge in [-0.2, -0.15) is 0 Å². The average molecular weight is 673 g/mol. The predicted octanol–water partition coefficient (Wildman–Crippen LogP) is 10.4. The molecule has 1 amide bonds. The zero-order chi connectivity index (χ0) is 34.2. The van der Waals surface area contributed by atoms with Crippen LogP contribution in [0.3, 0.4) is 0 Å². The molecule has 0 spiro atoms. The largest absolute Gasteiger partial charge is 0.756 e. The predicted molar refractivity (Wildman–Crippen MR) is 195 cm³/mol. The second kappa shape index (κ2) is 31.5. The van der Waals surface area contributed by atoms with Crippen molar-refractivity contribution in [2.24, 2.45) is 0 Å². The van der Waals surface area contributed by atoms with E-state index in [2.05, 4.69) is 25.2 Å². The molecule has 0 radical (unpaired) electrons. The van der Waals surface area contributed by atoms with Crippen LogP contribution in [0.15, 0.2) is 12.2 Å². The van der Waals surface area contributed by atoms with Crippen LogP contribution in [0.2, 0.25) is 0 Å². The number of nitrogens with one attached hydrogen (secondary N) is 1. The zero-order valence-corrected chi connectivity index (χ0v) is 32.1. The lowest BCUT2D eigenvalue weighted by atomic mass is 10.0. The molecule has 2 unspecified atom stereocenters. The maximum Gasteiger partial charge on any atom is 0.268 e. The molecule has 0 aliphatic carbocycles. The first-order chi connectivity index (χ1) is 22.1. The van der Waals surface area contributed by atoms with Crippen molar-refractivity contribution in [1.29, 1.82) is 0 Å². The van der Waals surface area contributed by atoms with Crippen molar-refractivity contribution in [3.8, 4) is 0 Å². The highest BCUT2D eigenvalue weighted by Gasteiger charge is 2.17. The number of likely N-dealkylation sites (N-methyl/N-ethyl adjacent to an activating group) is 1. The fraction of sp³-hybridized carbons (Fsp3) is 0.921. The molecule has 1 N–H and O–H groups in total. The Labute approximate surface area is 286 Å². The van der Waals surface area contributed by atoms with Gasteiger partial charge in [0.25, 0.3) is 7.82 Å². The molecule has 46 heavy (non-hydrogen) atoms. The van der Waals surface area contributed by atoms with Crippen molar-refractivity contribution in [3.63, 3.8) is 0 Å². The third-order valence-electron chi connectivity index (χ3n) is 8.62. The highest BCUT2D eigenvalue weighted by atomic mass is 31.2. The molecule has 0 aromatic rings. The lowest BCUT2D eigenvalue weighted by Gasteiger charge is -2.28. The fourth-order valence-electron chi connectivity index (χ4n) is 5.55. The van der Waals surface area contributed by atoms with Crippen LogP contribution in [-0.2, 0) is 18.4 Å². The topological polar surface area (TPSA) is 87.7 Å². The molecule has 274 valence electrons. The number of hydrogen-bond acceptors (Lipinski definition) is 5. The Morgan fingerprint density at radius 3 is 1.52 bits per heavy atom. The normalized spacial score (nSPS) is 14.1. The van der Waals surface area contributed by atoms with Crippen molar-refractivity contribution < 1.29 is 27.8 Å². The van der Waals surface area contributed by atoms with Crippen molar-refractivity contribution >= 4 is 13.7 Å². The Bertz CT molecular complexity index is 756. The van der Waals surface area contributed by atoms with Crippen LogP contribution in [-0.4, -0.2) is 57.3 Å². The molecular weight excluding hydrogens is 595 g/mol. The van der Waals surface area contributed by atoms with Gasteiger partial charge in [-0.3, -0.25) is 9.36 Å². The summed E-state index contributed by atoms with van der Waals surface area (Å²) < 4.78 is 23.2. The van der Waals surface area contributed by atoms with Gasteiger partial charge in [0.2, 0.25) is 5.91 Å². The molecule has 0 aromatic heterocycles. The minimum Gasteiger partial charge on any atom is -0.756 e. The lowest BCUT2D eigenvalue weighted by molar-refractivity contribution is -0.870. The van der Waals surface area contributed by atoms with E-state index in [1.807, 2.05) is 27.2 Å². The molecule has 0 heterocycles. The minimum atomic E-state index is -4.44. The number of nitrogens with zero attached hydrogens (tertiary/aromatic N) is 1. The van der Waals surface area contributed by atoms with Crippen molar-refractivity contribution in [1.82, 2.24) is 5.32 Å². The summed E-state index contributed by atoms with van der Waals surface area (Å²) in [4.78, 5) is 25.1. The maximum absolute atomic E-state index is 12.7. The van der Waals surface area contributed by atoms with Crippen molar-refractivity contribution in [2.45, 2.75) is 187 Å². The van der Waals surface area contributed by atoms with E-state index >= 15 is 0 Å². The van der Waals surface area contributed by atoms with E-state index in [4.69, 9.17) is 9.05 Å². The van der Waals surface area contributed by atoms with Gasteiger partial charge >= 0.3 is 0 Å². The Balaban J connectivity index is 4.36. The molecular formula is C38H77N2O5P. The molecule has 0 rings (SSSR count). The molecule has 0 bridgehead atoms. The van der Waals surface area contributed by atoms with E-state index in [9.17, 15) is 14.3 Å². The van der Waals surface area contributed by atoms with Gasteiger partial charge in [-0.05, 0) is 19.3 Å². The van der Waals surface area contributed by atoms with E-state index in [1.54, 1.807) is 0 Å². The van der Waals surface area contributed by atoms with Gasteiger partial charge in [0.15, 0.2) is 0 Å². The Morgan fingerprint density at radius 1 is 0.674 bits per heavy atom. The molecule has 7 nitrogen and oxygen atoms in total. The van der Waals surface area contributed by atoms with Crippen LogP contribution in [0, 0.1) is 0 Å². The van der Waals surface area contributed by atoms with Crippen LogP contribution in [0.25, 0.3) is 0 Å². The molecule has 0 aliphatic heterocycles. The molecule has 0 aliphatic rings. The van der Waals surface area contributed by atoms with Gasteiger partial charge in [-0.25, -0.2) is 0 Å². The molecule has 8 heteroatoms. The summed E-state index contributed by atoms with van der Waals surface area (Å²) in [6.07, 6.45) is 36.1. The Kier molecular flexibility index (Phi) is 31.0. The number of phosphoric ester groups is 1. The number of quaternary nitrogens is 1. The van der Waals surface area contributed by atoms with Crippen LogP contribution in [0.5, 0.6) is 0 Å². The van der Waals surface area contributed by atoms with Crippen LogP contribution >= 0.6 is 7.82 Å². The summed E-state index contributed by atoms with van der Waals surface area (Å²) in [6, 6.07) is -0.494. The third kappa shape index (κ3) is 34.6. The van der Waals surface area contributed by atoms with Gasteiger partial charge in [-0.1, -0.05) is 167 Å². The molecule has 0 saturated carbocycles. The number of carbonyl (C=O) groups is 1. The summed E-state index contributed by atoms with van der Waals surface area (Å²) in [5.74, 6) is -0.0531. The Morgan fingerprint density at radius 2 is 1.09 bits per heavy atom. The summed E-state index contributed by atoms with van der Waals surface area (Å²) >= 11 is 0. The molecule has 2 atom stereocenters. The number of carbonyl (C=O) groups excluding carboxylic acids is 1. The van der Waals surface area contributed by atoms with Crippen LogP contribution < -0.4 is 10.2 Å². The first-order valence-electron chi connectivity index (χ1n) is 19.5. The number of amides is 1. The first kappa shape index (κ1) is 45.3. The van der Waals surface area contributed by atoms with Gasteiger partial charge in [0.05, 0.1) is 33.8 Å². The number of phosphoric acid groups is 1. The van der Waals surface area contributed by atoms with Gasteiger partial charge in [0, 0.05) is 6.42 Å². The number of allylic oxidation sites excluding steroid dienone is 1. The van der Waals surface area contributed by atoms with Crippen molar-refractivity contribution in [3.05, 3.63) is 12.2 Å². The highest BCUT2D eigenvalue weighted by molar-refractivity contribution is 7.45. The smallest absolute Gasteiger partial charge is 0.268 e. The lowest BCUT2D eigenvalue weighted by Crippen LogP contribution is -2.38. The van der Waals surface area contributed by atoms with E-state index in [1.165, 1.54) is 135 Å². The number of rotatable bonds is 35. The standard InChI is InChI=1S/C38H77N2O5P/c1-6-8-10-12-14-16-18-20-22-24-26-28-30-32-37(36-45-46(42,43)44-35-34-40(3,4)5)39-38(41)33-31-29-27-25-23-21-19-17-15-13-11-9-7-2/h30,32,37H,6-29,31,33-36H2,1-5H3,(H-,39,41,42,43)/b32-30+. The Hall–Kier alpha value is -0.720. The molecule has 0 saturated heterocycles. The summed E-state index contributed by atoms with van der Waals surface area (Å²) in [6.45, 7) is 4.99. The maximum atomic E-state index is 12.7. The van der Waals surface area contributed by atoms with Gasteiger partial charge < -0.3 is 23.7 Å². The van der Waals surface area contributed by atoms with Crippen molar-refractivity contribution in [2.75, 3.05) is 40.9 Å². The monoisotopic (exact) mass is 673 g/mol. The summed E-state index contributed by atoms with van der Waals surface area (Å²) in [5, 5.41) is 2.99. The van der Waals surface area contributed by atoms with Gasteiger partial charge in [-0.15, -0.1) is 0 Å². The molecule has 0 fully saturated rings. The van der Waals surface area contributed by atoms with Gasteiger partial charge in [0.1, 0.15) is 13.2 Å². The minimum absolute atomic E-state index is 0.0531. The zero-order valence-electron chi connectivity index (χ0n) is 31.2. The molecule has 0 aromatic carbocycles. The second-order valence-electron chi connectivity index (χ2n) is 14.5. The summed E-state index contributed by atoms with van der Waals surface area (Å²) in [7, 11) is 1.48. The average Bonchev–Trinajstić information content (AvgIpc) is 2.99. The summed E-state index contributed by atoms with van der Waals surface area (Å²) in [5.41, 5.74) is 0. The van der Waals surface area contributed by atoms with E-state index < -0.39 is 13.9 Å². The first-order valence-corrected chi connectivity index (χ1v) is 20.9. The number of unbranched alkanes of at least 4 members (excludes halogenated alkanes) is 23. The van der Waals surface area contributed by atoms with Crippen LogP contribution in [0.1, 0.15) is 181 Å². The fourth-order valence-corrected chi connectivity index (χ4v) is 6.27. The third-order valence-corrected chi connectivity index (χ3v) is 9.58. The quantitative estimate of drug-likeness (QED) is 0.0313.